The van der Waals surface area contributed by atoms with Crippen LogP contribution < -0.4 is 0 Å². The summed E-state index contributed by atoms with van der Waals surface area (Å²) in [4.78, 5) is 1.82. The molecule has 3 heterocycles. The van der Waals surface area contributed by atoms with Crippen molar-refractivity contribution in [1.82, 2.24) is 15.1 Å². The average Bonchev–Trinajstić information content (AvgIpc) is 3.42. The van der Waals surface area contributed by atoms with Crippen LogP contribution in [0.3, 0.4) is 0 Å². The third-order valence-electron chi connectivity index (χ3n) is 10.6. The standard InChI is InChI=1S/C29H34FN3O4/c1-26-9-8-20-24(35)29(30)25(36)23(34)21(33(2)3)13-27(29)10-11-28(20,37-27)22(26)7-6-19(26)16-4-5-17-14-31-32-15-18(17)12-16/h4-6,8,12,14-15,21-25,34-36H,7,9-11,13H2,1-3H3/t21-,22?,23+,24?,25-,26+,27+,28+,29?/m0/s1. The lowest BCUT2D eigenvalue weighted by Gasteiger charge is -2.62. The molecule has 0 amide bonds. The summed E-state index contributed by atoms with van der Waals surface area (Å²) >= 11 is 0. The molecule has 5 aliphatic rings. The monoisotopic (exact) mass is 507 g/mol. The number of nitrogens with zero attached hydrogens (tertiary/aromatic N) is 3. The largest absolute Gasteiger partial charge is 0.389 e. The minimum absolute atomic E-state index is 0.0293. The van der Waals surface area contributed by atoms with Crippen molar-refractivity contribution in [1.29, 1.82) is 0 Å². The van der Waals surface area contributed by atoms with Gasteiger partial charge in [-0.25, -0.2) is 4.39 Å². The zero-order chi connectivity index (χ0) is 26.0. The number of alkyl halides is 1. The summed E-state index contributed by atoms with van der Waals surface area (Å²) in [6.07, 6.45) is 5.79. The highest BCUT2D eigenvalue weighted by Crippen LogP contribution is 2.70. The molecule has 2 aromatic rings. The van der Waals surface area contributed by atoms with Gasteiger partial charge in [0.25, 0.3) is 0 Å². The van der Waals surface area contributed by atoms with Crippen molar-refractivity contribution in [3.63, 3.8) is 0 Å². The first-order valence-corrected chi connectivity index (χ1v) is 13.3. The van der Waals surface area contributed by atoms with Crippen molar-refractivity contribution in [3.8, 4) is 0 Å². The summed E-state index contributed by atoms with van der Waals surface area (Å²) in [5.74, 6) is 0.0293. The maximum Gasteiger partial charge on any atom is 0.197 e. The number of allylic oxidation sites excluding steroid dienone is 3. The molecule has 2 aliphatic heterocycles. The molecule has 1 aromatic carbocycles. The molecule has 196 valence electrons. The number of aliphatic hydroxyl groups excluding tert-OH is 3. The van der Waals surface area contributed by atoms with Gasteiger partial charge in [0.2, 0.25) is 0 Å². The Labute approximate surface area is 215 Å². The molecule has 9 atom stereocenters. The quantitative estimate of drug-likeness (QED) is 0.538. The van der Waals surface area contributed by atoms with Crippen molar-refractivity contribution in [2.24, 2.45) is 11.3 Å². The fourth-order valence-corrected chi connectivity index (χ4v) is 8.69. The van der Waals surface area contributed by atoms with Crippen LogP contribution in [0.25, 0.3) is 16.3 Å². The molecule has 1 saturated carbocycles. The van der Waals surface area contributed by atoms with E-state index in [0.29, 0.717) is 24.8 Å². The molecule has 8 heteroatoms. The van der Waals surface area contributed by atoms with Gasteiger partial charge in [-0.3, -0.25) is 0 Å². The van der Waals surface area contributed by atoms with E-state index < -0.39 is 41.2 Å². The van der Waals surface area contributed by atoms with Crippen molar-refractivity contribution in [2.45, 2.75) is 80.3 Å². The minimum Gasteiger partial charge on any atom is -0.389 e. The van der Waals surface area contributed by atoms with E-state index in [1.807, 2.05) is 25.1 Å². The highest BCUT2D eigenvalue weighted by molar-refractivity contribution is 5.86. The van der Waals surface area contributed by atoms with Gasteiger partial charge in [-0.15, -0.1) is 0 Å². The number of aliphatic hydroxyl groups is 3. The predicted octanol–water partition coefficient (Wildman–Crippen LogP) is 2.80. The molecule has 2 bridgehead atoms. The van der Waals surface area contributed by atoms with Gasteiger partial charge in [0.05, 0.1) is 24.1 Å². The van der Waals surface area contributed by atoms with Gasteiger partial charge in [0, 0.05) is 28.1 Å². The third-order valence-corrected chi connectivity index (χ3v) is 10.6. The van der Waals surface area contributed by atoms with Gasteiger partial charge in [-0.1, -0.05) is 31.2 Å². The highest BCUT2D eigenvalue weighted by Gasteiger charge is 2.79. The van der Waals surface area contributed by atoms with E-state index in [-0.39, 0.29) is 17.8 Å². The number of fused-ring (bicyclic) bond motifs is 2. The van der Waals surface area contributed by atoms with E-state index in [1.165, 1.54) is 5.57 Å². The number of likely N-dealkylation sites (N-methyl/N-ethyl adjacent to an activating group) is 1. The Morgan fingerprint density at radius 3 is 2.57 bits per heavy atom. The Kier molecular flexibility index (Phi) is 4.80. The van der Waals surface area contributed by atoms with Crippen molar-refractivity contribution in [3.05, 3.63) is 53.9 Å². The Bertz CT molecular complexity index is 1360. The Balaban J connectivity index is 1.32. The second kappa shape index (κ2) is 7.45. The van der Waals surface area contributed by atoms with Gasteiger partial charge in [-0.2, -0.15) is 10.2 Å². The number of halogens is 1. The summed E-state index contributed by atoms with van der Waals surface area (Å²) in [5, 5.41) is 43.6. The number of ether oxygens (including phenoxy) is 1. The van der Waals surface area contributed by atoms with E-state index in [2.05, 4.69) is 41.4 Å². The van der Waals surface area contributed by atoms with E-state index in [9.17, 15) is 15.3 Å². The molecule has 3 unspecified atom stereocenters. The van der Waals surface area contributed by atoms with Crippen LogP contribution in [0.15, 0.2) is 48.3 Å². The molecule has 1 aromatic heterocycles. The molecule has 37 heavy (non-hydrogen) atoms. The summed E-state index contributed by atoms with van der Waals surface area (Å²) in [6, 6.07) is 5.87. The molecular weight excluding hydrogens is 473 g/mol. The average molecular weight is 508 g/mol. The molecule has 3 aliphatic carbocycles. The predicted molar refractivity (Wildman–Crippen MR) is 136 cm³/mol. The number of benzene rings is 1. The van der Waals surface area contributed by atoms with Crippen molar-refractivity contribution >= 4 is 16.3 Å². The fraction of sp³-hybridized carbons (Fsp3) is 0.586. The van der Waals surface area contributed by atoms with Crippen LogP contribution in [0, 0.1) is 11.3 Å². The van der Waals surface area contributed by atoms with Gasteiger partial charge < -0.3 is 25.0 Å². The smallest absolute Gasteiger partial charge is 0.197 e. The normalized spacial score (nSPS) is 46.3. The lowest BCUT2D eigenvalue weighted by molar-refractivity contribution is -0.308. The van der Waals surface area contributed by atoms with E-state index >= 15 is 4.39 Å². The first-order chi connectivity index (χ1) is 17.6. The Hall–Kier alpha value is -2.23. The topological polar surface area (TPSA) is 98.9 Å². The van der Waals surface area contributed by atoms with Crippen LogP contribution in [0.5, 0.6) is 0 Å². The van der Waals surface area contributed by atoms with Crippen LogP contribution in [0.2, 0.25) is 0 Å². The van der Waals surface area contributed by atoms with Crippen molar-refractivity contribution < 1.29 is 24.4 Å². The van der Waals surface area contributed by atoms with Crippen LogP contribution in [-0.2, 0) is 4.74 Å². The first kappa shape index (κ1) is 23.9. The molecule has 7 rings (SSSR count). The van der Waals surface area contributed by atoms with Gasteiger partial charge in [-0.05, 0) is 69.0 Å². The SMILES string of the molecule is CN(C)[C@H]1C[C@@]23CC[C@@]4(O2)C(=CC[C@]2(C)C(c5ccc6cnncc6c5)=CCC24)C(O)C3(F)[C@@H](O)[C@@H]1O. The van der Waals surface area contributed by atoms with Crippen molar-refractivity contribution in [2.75, 3.05) is 14.1 Å². The van der Waals surface area contributed by atoms with E-state index in [1.54, 1.807) is 12.4 Å². The molecular formula is C29H34FN3O4. The molecule has 7 nitrogen and oxygen atoms in total. The summed E-state index contributed by atoms with van der Waals surface area (Å²) in [6.45, 7) is 2.26. The number of hydrogen-bond donors (Lipinski definition) is 3. The highest BCUT2D eigenvalue weighted by atomic mass is 19.1. The van der Waals surface area contributed by atoms with Crippen LogP contribution in [0.1, 0.15) is 44.6 Å². The van der Waals surface area contributed by atoms with Crippen LogP contribution >= 0.6 is 0 Å². The second-order valence-corrected chi connectivity index (χ2v) is 12.3. The molecule has 0 radical (unpaired) electrons. The lowest BCUT2D eigenvalue weighted by atomic mass is 9.55. The first-order valence-electron chi connectivity index (χ1n) is 13.3. The zero-order valence-corrected chi connectivity index (χ0v) is 21.4. The maximum atomic E-state index is 17.0. The van der Waals surface area contributed by atoms with Gasteiger partial charge >= 0.3 is 0 Å². The number of rotatable bonds is 2. The number of hydrogen-bond acceptors (Lipinski definition) is 7. The molecule has 3 fully saturated rings. The fourth-order valence-electron chi connectivity index (χ4n) is 8.69. The minimum atomic E-state index is -2.47. The zero-order valence-electron chi connectivity index (χ0n) is 21.4. The van der Waals surface area contributed by atoms with E-state index in [0.717, 1.165) is 22.8 Å². The summed E-state index contributed by atoms with van der Waals surface area (Å²) in [7, 11) is 3.63. The summed E-state index contributed by atoms with van der Waals surface area (Å²) in [5.41, 5.74) is -1.97. The second-order valence-electron chi connectivity index (χ2n) is 12.3. The van der Waals surface area contributed by atoms with Gasteiger partial charge in [0.15, 0.2) is 5.67 Å². The molecule has 2 spiro atoms. The summed E-state index contributed by atoms with van der Waals surface area (Å²) < 4.78 is 23.9. The lowest BCUT2D eigenvalue weighted by Crippen LogP contribution is -2.78. The molecule has 2 saturated heterocycles. The van der Waals surface area contributed by atoms with Crippen LogP contribution in [0.4, 0.5) is 4.39 Å². The molecule has 3 N–H and O–H groups in total. The van der Waals surface area contributed by atoms with E-state index in [4.69, 9.17) is 4.74 Å². The van der Waals surface area contributed by atoms with Crippen LogP contribution in [-0.4, -0.2) is 85.7 Å². The number of aromatic nitrogens is 2. The van der Waals surface area contributed by atoms with Gasteiger partial charge in [0.1, 0.15) is 17.8 Å². The maximum absolute atomic E-state index is 17.0. The Morgan fingerprint density at radius 2 is 1.81 bits per heavy atom. The third kappa shape index (κ3) is 2.73. The Morgan fingerprint density at radius 1 is 1.05 bits per heavy atom.